The summed E-state index contributed by atoms with van der Waals surface area (Å²) in [7, 11) is 0. The molecule has 0 bridgehead atoms. The Balaban J connectivity index is 2.14. The predicted octanol–water partition coefficient (Wildman–Crippen LogP) is 3.99. The van der Waals surface area contributed by atoms with Gasteiger partial charge in [-0.2, -0.15) is 0 Å². The Morgan fingerprint density at radius 2 is 2.19 bits per heavy atom. The summed E-state index contributed by atoms with van der Waals surface area (Å²) in [6.45, 7) is 2.02. The third-order valence-electron chi connectivity index (χ3n) is 2.52. The second-order valence-electron chi connectivity index (χ2n) is 3.82. The lowest BCUT2D eigenvalue weighted by Crippen LogP contribution is -2.00. The summed E-state index contributed by atoms with van der Waals surface area (Å²) in [5, 5.41) is 12.8. The van der Waals surface area contributed by atoms with Crippen LogP contribution in [0.15, 0.2) is 35.7 Å². The van der Waals surface area contributed by atoms with Gasteiger partial charge in [-0.1, -0.05) is 23.7 Å². The van der Waals surface area contributed by atoms with Gasteiger partial charge in [0.05, 0.1) is 6.10 Å². The molecule has 0 fully saturated rings. The number of aliphatic hydroxyl groups excluding tert-OH is 1. The molecule has 84 valence electrons. The number of hydrogen-bond acceptors (Lipinski definition) is 2. The Kier molecular flexibility index (Phi) is 3.64. The fraction of sp³-hybridized carbons (Fsp3) is 0.231. The number of rotatable bonds is 3. The zero-order valence-electron chi connectivity index (χ0n) is 8.98. The number of halogens is 1. The Labute approximate surface area is 104 Å². The summed E-state index contributed by atoms with van der Waals surface area (Å²) in [6.07, 6.45) is 0.181. The van der Waals surface area contributed by atoms with Crippen molar-refractivity contribution in [2.75, 3.05) is 0 Å². The molecule has 1 aromatic heterocycles. The molecule has 0 spiro atoms. The SMILES string of the molecule is Cc1ccsc1C(O)Cc1cccc(Cl)c1. The van der Waals surface area contributed by atoms with Gasteiger partial charge < -0.3 is 5.11 Å². The maximum Gasteiger partial charge on any atom is 0.0924 e. The molecule has 1 N–H and O–H groups in total. The van der Waals surface area contributed by atoms with Crippen molar-refractivity contribution in [3.63, 3.8) is 0 Å². The fourth-order valence-corrected chi connectivity index (χ4v) is 2.83. The van der Waals surface area contributed by atoms with E-state index >= 15 is 0 Å². The lowest BCUT2D eigenvalue weighted by molar-refractivity contribution is 0.181. The molecule has 0 saturated heterocycles. The van der Waals surface area contributed by atoms with E-state index in [1.54, 1.807) is 11.3 Å². The van der Waals surface area contributed by atoms with Crippen molar-refractivity contribution in [2.24, 2.45) is 0 Å². The molecule has 2 rings (SSSR count). The van der Waals surface area contributed by atoms with E-state index in [-0.39, 0.29) is 0 Å². The highest BCUT2D eigenvalue weighted by molar-refractivity contribution is 7.10. The molecule has 0 amide bonds. The number of aliphatic hydroxyl groups is 1. The van der Waals surface area contributed by atoms with Crippen LogP contribution in [0.5, 0.6) is 0 Å². The van der Waals surface area contributed by atoms with Crippen molar-refractivity contribution in [3.05, 3.63) is 56.7 Å². The largest absolute Gasteiger partial charge is 0.387 e. The molecular formula is C13H13ClOS. The van der Waals surface area contributed by atoms with E-state index in [1.165, 1.54) is 0 Å². The van der Waals surface area contributed by atoms with Crippen molar-refractivity contribution < 1.29 is 5.11 Å². The van der Waals surface area contributed by atoms with E-state index < -0.39 is 6.10 Å². The molecule has 0 saturated carbocycles. The third kappa shape index (κ3) is 2.64. The van der Waals surface area contributed by atoms with Crippen molar-refractivity contribution in [1.82, 2.24) is 0 Å². The van der Waals surface area contributed by atoms with Gasteiger partial charge in [0.15, 0.2) is 0 Å². The fourth-order valence-electron chi connectivity index (χ4n) is 1.71. The molecule has 0 aliphatic heterocycles. The molecule has 3 heteroatoms. The van der Waals surface area contributed by atoms with Crippen molar-refractivity contribution in [2.45, 2.75) is 19.4 Å². The van der Waals surface area contributed by atoms with Gasteiger partial charge in [0, 0.05) is 16.3 Å². The predicted molar refractivity (Wildman–Crippen MR) is 69.2 cm³/mol. The molecule has 16 heavy (non-hydrogen) atoms. The molecule has 0 aliphatic rings. The van der Waals surface area contributed by atoms with Crippen molar-refractivity contribution in [1.29, 1.82) is 0 Å². The molecule has 1 atom stereocenters. The summed E-state index contributed by atoms with van der Waals surface area (Å²) >= 11 is 7.50. The van der Waals surface area contributed by atoms with Gasteiger partial charge in [-0.15, -0.1) is 11.3 Å². The summed E-state index contributed by atoms with van der Waals surface area (Å²) in [6, 6.07) is 9.66. The average molecular weight is 253 g/mol. The molecular weight excluding hydrogens is 240 g/mol. The van der Waals surface area contributed by atoms with Crippen LogP contribution >= 0.6 is 22.9 Å². The van der Waals surface area contributed by atoms with Crippen molar-refractivity contribution >= 4 is 22.9 Å². The van der Waals surface area contributed by atoms with E-state index in [4.69, 9.17) is 11.6 Å². The first-order valence-electron chi connectivity index (χ1n) is 5.13. The van der Waals surface area contributed by atoms with Crippen LogP contribution in [-0.2, 0) is 6.42 Å². The lowest BCUT2D eigenvalue weighted by Gasteiger charge is -2.10. The highest BCUT2D eigenvalue weighted by Gasteiger charge is 2.12. The third-order valence-corrected chi connectivity index (χ3v) is 3.88. The van der Waals surface area contributed by atoms with E-state index in [0.717, 1.165) is 16.0 Å². The Bertz CT molecular complexity index is 478. The highest BCUT2D eigenvalue weighted by atomic mass is 35.5. The number of hydrogen-bond donors (Lipinski definition) is 1. The normalized spacial score (nSPS) is 12.7. The Morgan fingerprint density at radius 1 is 1.38 bits per heavy atom. The Hall–Kier alpha value is -0.830. The molecule has 1 heterocycles. The molecule has 0 radical (unpaired) electrons. The molecule has 0 aliphatic carbocycles. The van der Waals surface area contributed by atoms with E-state index in [9.17, 15) is 5.11 Å². The van der Waals surface area contributed by atoms with Gasteiger partial charge in [0.2, 0.25) is 0 Å². The molecule has 1 unspecified atom stereocenters. The molecule has 1 aromatic carbocycles. The minimum Gasteiger partial charge on any atom is -0.387 e. The first-order chi connectivity index (χ1) is 7.66. The van der Waals surface area contributed by atoms with Crippen molar-refractivity contribution in [3.8, 4) is 0 Å². The average Bonchev–Trinajstić information content (AvgIpc) is 2.64. The van der Waals surface area contributed by atoms with Crippen LogP contribution in [0.1, 0.15) is 22.1 Å². The van der Waals surface area contributed by atoms with Crippen LogP contribution in [-0.4, -0.2) is 5.11 Å². The van der Waals surface area contributed by atoms with Gasteiger partial charge in [0.1, 0.15) is 0 Å². The zero-order chi connectivity index (χ0) is 11.5. The van der Waals surface area contributed by atoms with Gasteiger partial charge in [-0.05, 0) is 41.6 Å². The highest BCUT2D eigenvalue weighted by Crippen LogP contribution is 2.27. The minimum absolute atomic E-state index is 0.432. The van der Waals surface area contributed by atoms with Gasteiger partial charge in [-0.25, -0.2) is 0 Å². The van der Waals surface area contributed by atoms with Crippen LogP contribution in [0, 0.1) is 6.92 Å². The maximum atomic E-state index is 10.1. The smallest absolute Gasteiger partial charge is 0.0924 e. The molecule has 1 nitrogen and oxygen atoms in total. The van der Waals surface area contributed by atoms with Crippen LogP contribution in [0.4, 0.5) is 0 Å². The summed E-state index contributed by atoms with van der Waals surface area (Å²) < 4.78 is 0. The van der Waals surface area contributed by atoms with Crippen LogP contribution in [0.25, 0.3) is 0 Å². The topological polar surface area (TPSA) is 20.2 Å². The Morgan fingerprint density at radius 3 is 2.81 bits per heavy atom. The quantitative estimate of drug-likeness (QED) is 0.876. The minimum atomic E-state index is -0.432. The monoisotopic (exact) mass is 252 g/mol. The van der Waals surface area contributed by atoms with Gasteiger partial charge in [0.25, 0.3) is 0 Å². The van der Waals surface area contributed by atoms with Crippen LogP contribution in [0.2, 0.25) is 5.02 Å². The number of aryl methyl sites for hydroxylation is 1. The number of benzene rings is 1. The maximum absolute atomic E-state index is 10.1. The first-order valence-corrected chi connectivity index (χ1v) is 6.39. The van der Waals surface area contributed by atoms with E-state index in [0.29, 0.717) is 11.4 Å². The van der Waals surface area contributed by atoms with Crippen LogP contribution in [0.3, 0.4) is 0 Å². The van der Waals surface area contributed by atoms with Crippen LogP contribution < -0.4 is 0 Å². The van der Waals surface area contributed by atoms with E-state index in [1.807, 2.05) is 42.6 Å². The van der Waals surface area contributed by atoms with Gasteiger partial charge in [-0.3, -0.25) is 0 Å². The second-order valence-corrected chi connectivity index (χ2v) is 5.20. The molecule has 2 aromatic rings. The first kappa shape index (κ1) is 11.6. The van der Waals surface area contributed by atoms with E-state index in [2.05, 4.69) is 0 Å². The second kappa shape index (κ2) is 5.00. The summed E-state index contributed by atoms with van der Waals surface area (Å²) in [5.74, 6) is 0. The standard InChI is InChI=1S/C13H13ClOS/c1-9-5-6-16-13(9)12(15)8-10-3-2-4-11(14)7-10/h2-7,12,15H,8H2,1H3. The summed E-state index contributed by atoms with van der Waals surface area (Å²) in [5.41, 5.74) is 2.22. The lowest BCUT2D eigenvalue weighted by atomic mass is 10.1. The summed E-state index contributed by atoms with van der Waals surface area (Å²) in [4.78, 5) is 1.04. The number of thiophene rings is 1. The zero-order valence-corrected chi connectivity index (χ0v) is 10.6. The van der Waals surface area contributed by atoms with Gasteiger partial charge >= 0.3 is 0 Å².